The van der Waals surface area contributed by atoms with Crippen LogP contribution in [0.3, 0.4) is 0 Å². The highest BCUT2D eigenvalue weighted by Crippen LogP contribution is 2.29. The minimum Gasteiger partial charge on any atom is -0.506 e. The molecule has 120 valence electrons. The lowest BCUT2D eigenvalue weighted by atomic mass is 10.1. The molecule has 2 aromatic carbocycles. The summed E-state index contributed by atoms with van der Waals surface area (Å²) in [6.45, 7) is 0. The van der Waals surface area contributed by atoms with Crippen LogP contribution in [0.25, 0.3) is 0 Å². The molecule has 0 heterocycles. The van der Waals surface area contributed by atoms with Crippen LogP contribution >= 0.6 is 15.9 Å². The Morgan fingerprint density at radius 2 is 1.91 bits per heavy atom. The van der Waals surface area contributed by atoms with Crippen molar-refractivity contribution in [1.82, 2.24) is 5.43 Å². The van der Waals surface area contributed by atoms with E-state index in [1.165, 1.54) is 12.3 Å². The standard InChI is InChI=1S/C15H10BrF3N2O2/c16-12-6-2-4-10(13(12)22)8-20-21-14(23)9-3-1-5-11(7-9)15(17,18)19/h1-8,22H,(H,21,23). The van der Waals surface area contributed by atoms with Crippen LogP contribution in [-0.4, -0.2) is 17.2 Å². The first kappa shape index (κ1) is 17.0. The van der Waals surface area contributed by atoms with Crippen LogP contribution in [-0.2, 0) is 6.18 Å². The number of hydrogen-bond donors (Lipinski definition) is 2. The maximum atomic E-state index is 12.6. The van der Waals surface area contributed by atoms with Gasteiger partial charge in [0, 0.05) is 11.1 Å². The van der Waals surface area contributed by atoms with Gasteiger partial charge in [-0.3, -0.25) is 4.79 Å². The number of aromatic hydroxyl groups is 1. The lowest BCUT2D eigenvalue weighted by molar-refractivity contribution is -0.137. The minimum atomic E-state index is -4.53. The summed E-state index contributed by atoms with van der Waals surface area (Å²) < 4.78 is 38.2. The molecule has 0 aliphatic carbocycles. The first-order valence-electron chi connectivity index (χ1n) is 6.27. The average molecular weight is 387 g/mol. The van der Waals surface area contributed by atoms with Gasteiger partial charge in [-0.05, 0) is 46.3 Å². The van der Waals surface area contributed by atoms with Crippen molar-refractivity contribution >= 4 is 28.1 Å². The highest BCUT2D eigenvalue weighted by molar-refractivity contribution is 9.10. The zero-order chi connectivity index (χ0) is 17.0. The summed E-state index contributed by atoms with van der Waals surface area (Å²) in [5, 5.41) is 13.4. The second-order valence-corrected chi connectivity index (χ2v) is 5.31. The number of nitrogens with one attached hydrogen (secondary N) is 1. The van der Waals surface area contributed by atoms with Crippen molar-refractivity contribution in [1.29, 1.82) is 0 Å². The number of benzene rings is 2. The average Bonchev–Trinajstić information content (AvgIpc) is 2.50. The van der Waals surface area contributed by atoms with Gasteiger partial charge in [0.2, 0.25) is 0 Å². The van der Waals surface area contributed by atoms with E-state index in [-0.39, 0.29) is 11.3 Å². The van der Waals surface area contributed by atoms with Gasteiger partial charge in [-0.25, -0.2) is 5.43 Å². The topological polar surface area (TPSA) is 61.7 Å². The molecule has 0 spiro atoms. The molecule has 4 nitrogen and oxygen atoms in total. The molecule has 2 rings (SSSR count). The molecule has 1 amide bonds. The van der Waals surface area contributed by atoms with Crippen LogP contribution in [0.5, 0.6) is 5.75 Å². The second-order valence-electron chi connectivity index (χ2n) is 4.46. The van der Waals surface area contributed by atoms with E-state index < -0.39 is 17.6 Å². The quantitative estimate of drug-likeness (QED) is 0.619. The lowest BCUT2D eigenvalue weighted by Gasteiger charge is -2.07. The fourth-order valence-electron chi connectivity index (χ4n) is 1.70. The molecule has 8 heteroatoms. The Labute approximate surface area is 137 Å². The zero-order valence-corrected chi connectivity index (χ0v) is 13.0. The van der Waals surface area contributed by atoms with E-state index in [2.05, 4.69) is 26.5 Å². The maximum absolute atomic E-state index is 12.6. The van der Waals surface area contributed by atoms with Gasteiger partial charge in [0.15, 0.2) is 0 Å². The van der Waals surface area contributed by atoms with E-state index in [9.17, 15) is 23.1 Å². The van der Waals surface area contributed by atoms with Crippen molar-refractivity contribution in [2.75, 3.05) is 0 Å². The smallest absolute Gasteiger partial charge is 0.416 e. The van der Waals surface area contributed by atoms with E-state index in [0.29, 0.717) is 10.0 Å². The predicted octanol–water partition coefficient (Wildman–Crippen LogP) is 3.94. The fourth-order valence-corrected chi connectivity index (χ4v) is 2.08. The first-order chi connectivity index (χ1) is 10.8. The Kier molecular flexibility index (Phi) is 5.05. The zero-order valence-electron chi connectivity index (χ0n) is 11.4. The van der Waals surface area contributed by atoms with Crippen molar-refractivity contribution in [3.8, 4) is 5.75 Å². The summed E-state index contributed by atoms with van der Waals surface area (Å²) in [7, 11) is 0. The highest BCUT2D eigenvalue weighted by atomic mass is 79.9. The van der Waals surface area contributed by atoms with Crippen molar-refractivity contribution < 1.29 is 23.1 Å². The Morgan fingerprint density at radius 3 is 2.61 bits per heavy atom. The molecule has 2 aromatic rings. The number of alkyl halides is 3. The van der Waals surface area contributed by atoms with Gasteiger partial charge in [-0.15, -0.1) is 0 Å². The van der Waals surface area contributed by atoms with Gasteiger partial charge in [-0.2, -0.15) is 18.3 Å². The molecular weight excluding hydrogens is 377 g/mol. The summed E-state index contributed by atoms with van der Waals surface area (Å²) in [5.74, 6) is -0.855. The first-order valence-corrected chi connectivity index (χ1v) is 7.06. The number of carbonyl (C=O) groups is 1. The Morgan fingerprint density at radius 1 is 1.22 bits per heavy atom. The van der Waals surface area contributed by atoms with Crippen LogP contribution < -0.4 is 5.43 Å². The number of para-hydroxylation sites is 1. The van der Waals surface area contributed by atoms with Crippen LogP contribution in [0, 0.1) is 0 Å². The summed E-state index contributed by atoms with van der Waals surface area (Å²) in [5.41, 5.74) is 1.36. The molecule has 0 atom stereocenters. The number of phenolic OH excluding ortho intramolecular Hbond substituents is 1. The molecule has 0 aromatic heterocycles. The van der Waals surface area contributed by atoms with Crippen molar-refractivity contribution in [3.05, 3.63) is 63.6 Å². The van der Waals surface area contributed by atoms with E-state index in [0.717, 1.165) is 18.2 Å². The number of nitrogens with zero attached hydrogens (tertiary/aromatic N) is 1. The SMILES string of the molecule is O=C(NN=Cc1cccc(Br)c1O)c1cccc(C(F)(F)F)c1. The second kappa shape index (κ2) is 6.82. The molecule has 0 aliphatic heterocycles. The maximum Gasteiger partial charge on any atom is 0.416 e. The number of carbonyl (C=O) groups excluding carboxylic acids is 1. The van der Waals surface area contributed by atoms with Crippen LogP contribution in [0.4, 0.5) is 13.2 Å². The molecule has 0 aliphatic rings. The van der Waals surface area contributed by atoms with E-state index in [1.807, 2.05) is 0 Å². The van der Waals surface area contributed by atoms with Crippen LogP contribution in [0.2, 0.25) is 0 Å². The summed E-state index contributed by atoms with van der Waals surface area (Å²) in [6, 6.07) is 8.83. The van der Waals surface area contributed by atoms with Gasteiger partial charge in [0.05, 0.1) is 16.3 Å². The number of amides is 1. The molecule has 0 saturated carbocycles. The number of hydrogen-bond acceptors (Lipinski definition) is 3. The highest BCUT2D eigenvalue weighted by Gasteiger charge is 2.30. The van der Waals surface area contributed by atoms with Crippen LogP contribution in [0.15, 0.2) is 52.0 Å². The third-order valence-electron chi connectivity index (χ3n) is 2.84. The van der Waals surface area contributed by atoms with Gasteiger partial charge < -0.3 is 5.11 Å². The third kappa shape index (κ3) is 4.32. The summed E-state index contributed by atoms with van der Waals surface area (Å²) >= 11 is 3.12. The molecule has 0 saturated heterocycles. The molecule has 2 N–H and O–H groups in total. The largest absolute Gasteiger partial charge is 0.506 e. The number of halogens is 4. The fraction of sp³-hybridized carbons (Fsp3) is 0.0667. The Balaban J connectivity index is 2.11. The lowest BCUT2D eigenvalue weighted by Crippen LogP contribution is -2.18. The molecule has 0 radical (unpaired) electrons. The Bertz CT molecular complexity index is 761. The van der Waals surface area contributed by atoms with Gasteiger partial charge in [0.25, 0.3) is 5.91 Å². The van der Waals surface area contributed by atoms with Crippen molar-refractivity contribution in [2.45, 2.75) is 6.18 Å². The number of rotatable bonds is 3. The summed E-state index contributed by atoms with van der Waals surface area (Å²) in [6.07, 6.45) is -3.34. The van der Waals surface area contributed by atoms with E-state index in [1.54, 1.807) is 18.2 Å². The monoisotopic (exact) mass is 386 g/mol. The molecule has 0 bridgehead atoms. The Hall–Kier alpha value is -2.35. The van der Waals surface area contributed by atoms with Crippen molar-refractivity contribution in [3.63, 3.8) is 0 Å². The van der Waals surface area contributed by atoms with E-state index in [4.69, 9.17) is 0 Å². The molecule has 23 heavy (non-hydrogen) atoms. The van der Waals surface area contributed by atoms with E-state index >= 15 is 0 Å². The molecule has 0 unspecified atom stereocenters. The van der Waals surface area contributed by atoms with Gasteiger partial charge >= 0.3 is 6.18 Å². The van der Waals surface area contributed by atoms with Gasteiger partial charge in [0.1, 0.15) is 5.75 Å². The molecule has 0 fully saturated rings. The normalized spacial score (nSPS) is 11.7. The van der Waals surface area contributed by atoms with Crippen molar-refractivity contribution in [2.24, 2.45) is 5.10 Å². The summed E-state index contributed by atoms with van der Waals surface area (Å²) in [4.78, 5) is 11.8. The number of hydrazone groups is 1. The van der Waals surface area contributed by atoms with Crippen LogP contribution in [0.1, 0.15) is 21.5 Å². The number of phenols is 1. The minimum absolute atomic E-state index is 0.0652. The van der Waals surface area contributed by atoms with Gasteiger partial charge in [-0.1, -0.05) is 12.1 Å². The third-order valence-corrected chi connectivity index (χ3v) is 3.48. The predicted molar refractivity (Wildman–Crippen MR) is 82.3 cm³/mol. The molecular formula is C15H10BrF3N2O2.